The maximum Gasteiger partial charge on any atom is 0.279 e. The number of aryl methyl sites for hydroxylation is 1. The van der Waals surface area contributed by atoms with Crippen molar-refractivity contribution in [3.63, 3.8) is 0 Å². The maximum absolute atomic E-state index is 13.4. The highest BCUT2D eigenvalue weighted by atomic mass is 16.2. The Bertz CT molecular complexity index is 1640. The molecule has 1 N–H and O–H groups in total. The van der Waals surface area contributed by atoms with E-state index in [0.29, 0.717) is 35.1 Å². The van der Waals surface area contributed by atoms with Crippen LogP contribution in [-0.4, -0.2) is 25.1 Å². The van der Waals surface area contributed by atoms with Crippen molar-refractivity contribution in [2.24, 2.45) is 0 Å². The number of benzene rings is 3. The van der Waals surface area contributed by atoms with Crippen LogP contribution >= 0.6 is 0 Å². The van der Waals surface area contributed by atoms with Gasteiger partial charge in [0, 0.05) is 34.4 Å². The Morgan fingerprint density at radius 2 is 1.77 bits per heavy atom. The third-order valence-corrected chi connectivity index (χ3v) is 6.15. The highest BCUT2D eigenvalue weighted by Gasteiger charge is 2.20. The highest BCUT2D eigenvalue weighted by Crippen LogP contribution is 2.23. The number of carbonyl (C=O) groups is 1. The van der Waals surface area contributed by atoms with Gasteiger partial charge in [-0.3, -0.25) is 9.59 Å². The van der Waals surface area contributed by atoms with Crippen molar-refractivity contribution < 1.29 is 4.79 Å². The quantitative estimate of drug-likeness (QED) is 0.370. The van der Waals surface area contributed by atoms with Gasteiger partial charge < -0.3 is 9.88 Å². The first kappa shape index (κ1) is 22.3. The zero-order valence-corrected chi connectivity index (χ0v) is 19.7. The summed E-state index contributed by atoms with van der Waals surface area (Å²) in [7, 11) is 0. The molecular formula is C28H25N5O2. The minimum Gasteiger partial charge on any atom is -0.325 e. The van der Waals surface area contributed by atoms with Gasteiger partial charge >= 0.3 is 0 Å². The summed E-state index contributed by atoms with van der Waals surface area (Å²) in [5.41, 5.74) is 3.34. The Hall–Kier alpha value is -4.52. The molecule has 0 saturated heterocycles. The molecule has 1 amide bonds. The molecule has 7 heteroatoms. The van der Waals surface area contributed by atoms with Crippen LogP contribution in [-0.2, 0) is 17.8 Å². The molecule has 0 unspecified atom stereocenters. The van der Waals surface area contributed by atoms with Crippen LogP contribution in [0.5, 0.6) is 0 Å². The predicted octanol–water partition coefficient (Wildman–Crippen LogP) is 4.70. The molecule has 0 radical (unpaired) electrons. The molecule has 174 valence electrons. The van der Waals surface area contributed by atoms with Crippen LogP contribution in [0, 0.1) is 13.8 Å². The van der Waals surface area contributed by atoms with Gasteiger partial charge in [-0.2, -0.15) is 9.50 Å². The summed E-state index contributed by atoms with van der Waals surface area (Å²) < 4.78 is 3.14. The van der Waals surface area contributed by atoms with E-state index >= 15 is 0 Å². The molecule has 0 spiro atoms. The van der Waals surface area contributed by atoms with E-state index in [4.69, 9.17) is 0 Å². The molecule has 2 heterocycles. The molecule has 3 aromatic carbocycles. The van der Waals surface area contributed by atoms with Gasteiger partial charge in [-0.25, -0.2) is 0 Å². The lowest BCUT2D eigenvalue weighted by Gasteiger charge is -2.14. The monoisotopic (exact) mass is 463 g/mol. The second kappa shape index (κ2) is 9.02. The number of anilines is 1. The summed E-state index contributed by atoms with van der Waals surface area (Å²) in [4.78, 5) is 31.2. The summed E-state index contributed by atoms with van der Waals surface area (Å²) in [5.74, 6) is 0.600. The molecule has 0 bridgehead atoms. The summed E-state index contributed by atoms with van der Waals surface area (Å²) in [6.45, 7) is 8.10. The molecule has 0 aliphatic rings. The van der Waals surface area contributed by atoms with Gasteiger partial charge in [0.25, 0.3) is 5.56 Å². The highest BCUT2D eigenvalue weighted by molar-refractivity contribution is 6.02. The molecule has 35 heavy (non-hydrogen) atoms. The van der Waals surface area contributed by atoms with Crippen molar-refractivity contribution in [3.8, 4) is 11.4 Å². The molecule has 2 aromatic heterocycles. The van der Waals surface area contributed by atoms with Gasteiger partial charge in [-0.05, 0) is 25.3 Å². The largest absolute Gasteiger partial charge is 0.325 e. The van der Waals surface area contributed by atoms with E-state index in [-0.39, 0.29) is 17.9 Å². The van der Waals surface area contributed by atoms with E-state index in [1.165, 1.54) is 4.52 Å². The van der Waals surface area contributed by atoms with Crippen LogP contribution in [0.25, 0.3) is 27.9 Å². The molecule has 0 fully saturated rings. The van der Waals surface area contributed by atoms with Gasteiger partial charge in [0.05, 0.1) is 6.42 Å². The number of carbonyl (C=O) groups excluding carboxylic acids is 1. The lowest BCUT2D eigenvalue weighted by atomic mass is 10.1. The number of nitrogens with one attached hydrogen (secondary N) is 1. The maximum atomic E-state index is 13.4. The number of hydrogen-bond acceptors (Lipinski definition) is 4. The molecule has 0 atom stereocenters. The average Bonchev–Trinajstić information content (AvgIpc) is 3.31. The lowest BCUT2D eigenvalue weighted by Crippen LogP contribution is -2.29. The summed E-state index contributed by atoms with van der Waals surface area (Å²) in [5, 5.41) is 9.44. The summed E-state index contributed by atoms with van der Waals surface area (Å²) >= 11 is 0. The second-order valence-electron chi connectivity index (χ2n) is 8.53. The van der Waals surface area contributed by atoms with Gasteiger partial charge in [-0.15, -0.1) is 11.7 Å². The van der Waals surface area contributed by atoms with E-state index in [1.807, 2.05) is 85.1 Å². The van der Waals surface area contributed by atoms with Crippen molar-refractivity contribution in [1.29, 1.82) is 0 Å². The summed E-state index contributed by atoms with van der Waals surface area (Å²) in [6, 6.07) is 21.4. The molecule has 0 aliphatic heterocycles. The molecule has 5 rings (SSSR count). The fourth-order valence-electron chi connectivity index (χ4n) is 4.28. The SMILES string of the molecule is C=CCn1c(C)c(CC(=O)Nc2cccc3ccccc23)c(=O)n2nc(-c3ccc(C)cc3)nc12. The molecule has 0 saturated carbocycles. The minimum absolute atomic E-state index is 0.0826. The van der Waals surface area contributed by atoms with Crippen LogP contribution in [0.15, 0.2) is 84.2 Å². The van der Waals surface area contributed by atoms with E-state index < -0.39 is 0 Å². The molecular weight excluding hydrogens is 438 g/mol. The Kier molecular flexibility index (Phi) is 5.74. The smallest absolute Gasteiger partial charge is 0.279 e. The number of allylic oxidation sites excluding steroid dienone is 1. The van der Waals surface area contributed by atoms with Crippen molar-refractivity contribution in [2.75, 3.05) is 5.32 Å². The normalized spacial score (nSPS) is 11.1. The third-order valence-electron chi connectivity index (χ3n) is 6.15. The van der Waals surface area contributed by atoms with E-state index in [2.05, 4.69) is 22.0 Å². The van der Waals surface area contributed by atoms with Crippen molar-refractivity contribution in [2.45, 2.75) is 26.8 Å². The van der Waals surface area contributed by atoms with Gasteiger partial charge in [0.2, 0.25) is 11.7 Å². The topological polar surface area (TPSA) is 81.3 Å². The predicted molar refractivity (Wildman–Crippen MR) is 139 cm³/mol. The van der Waals surface area contributed by atoms with Crippen molar-refractivity contribution in [3.05, 3.63) is 107 Å². The van der Waals surface area contributed by atoms with Gasteiger partial charge in [-0.1, -0.05) is 72.3 Å². The van der Waals surface area contributed by atoms with Gasteiger partial charge in [0.15, 0.2) is 5.82 Å². The lowest BCUT2D eigenvalue weighted by molar-refractivity contribution is -0.115. The molecule has 5 aromatic rings. The average molecular weight is 464 g/mol. The van der Waals surface area contributed by atoms with Crippen LogP contribution < -0.4 is 10.9 Å². The zero-order valence-electron chi connectivity index (χ0n) is 19.7. The first-order chi connectivity index (χ1) is 17.0. The fourth-order valence-corrected chi connectivity index (χ4v) is 4.28. The first-order valence-electron chi connectivity index (χ1n) is 11.4. The van der Waals surface area contributed by atoms with Crippen LogP contribution in [0.3, 0.4) is 0 Å². The Morgan fingerprint density at radius 1 is 1.03 bits per heavy atom. The van der Waals surface area contributed by atoms with Crippen LogP contribution in [0.2, 0.25) is 0 Å². The number of amides is 1. The number of fused-ring (bicyclic) bond motifs is 2. The third kappa shape index (κ3) is 4.12. The van der Waals surface area contributed by atoms with E-state index in [9.17, 15) is 9.59 Å². The zero-order chi connectivity index (χ0) is 24.5. The Balaban J connectivity index is 1.55. The molecule has 0 aliphatic carbocycles. The standard InChI is InChI=1S/C28H25N5O2/c1-4-16-32-19(3)23(17-25(34)29-24-11-7-9-20-8-5-6-10-22(20)24)27(35)33-28(32)30-26(31-33)21-14-12-18(2)13-15-21/h4-15H,1,16-17H2,2-3H3,(H,29,34). The second-order valence-corrected chi connectivity index (χ2v) is 8.53. The number of hydrogen-bond donors (Lipinski definition) is 1. The van der Waals surface area contributed by atoms with Crippen LogP contribution in [0.4, 0.5) is 5.69 Å². The fraction of sp³-hybridized carbons (Fsp3) is 0.143. The minimum atomic E-state index is -0.350. The number of nitrogens with zero attached hydrogens (tertiary/aromatic N) is 4. The number of rotatable bonds is 6. The van der Waals surface area contributed by atoms with E-state index in [1.54, 1.807) is 6.08 Å². The van der Waals surface area contributed by atoms with Crippen molar-refractivity contribution >= 4 is 28.1 Å². The van der Waals surface area contributed by atoms with Crippen molar-refractivity contribution in [1.82, 2.24) is 19.2 Å². The van der Waals surface area contributed by atoms with Crippen LogP contribution in [0.1, 0.15) is 16.8 Å². The Labute approximate surface area is 202 Å². The number of aromatic nitrogens is 4. The van der Waals surface area contributed by atoms with Gasteiger partial charge in [0.1, 0.15) is 0 Å². The first-order valence-corrected chi connectivity index (χ1v) is 11.4. The van der Waals surface area contributed by atoms with E-state index in [0.717, 1.165) is 21.9 Å². The summed E-state index contributed by atoms with van der Waals surface area (Å²) in [6.07, 6.45) is 1.65. The Morgan fingerprint density at radius 3 is 2.54 bits per heavy atom. The molecule has 7 nitrogen and oxygen atoms in total.